The van der Waals surface area contributed by atoms with Crippen LogP contribution >= 0.6 is 0 Å². The van der Waals surface area contributed by atoms with Crippen LogP contribution in [0.25, 0.3) is 16.7 Å². The minimum absolute atomic E-state index is 0.0508. The lowest BCUT2D eigenvalue weighted by atomic mass is 9.85. The number of hydrogen-bond acceptors (Lipinski definition) is 8. The van der Waals surface area contributed by atoms with Gasteiger partial charge in [0.05, 0.1) is 44.7 Å². The van der Waals surface area contributed by atoms with Crippen molar-refractivity contribution < 1.29 is 19.0 Å². The van der Waals surface area contributed by atoms with E-state index in [1.54, 1.807) is 11.8 Å². The fourth-order valence-corrected chi connectivity index (χ4v) is 5.26. The molecule has 0 bridgehead atoms. The third kappa shape index (κ3) is 4.70. The predicted octanol–water partition coefficient (Wildman–Crippen LogP) is 2.48. The van der Waals surface area contributed by atoms with Gasteiger partial charge in [0.2, 0.25) is 0 Å². The number of rotatable bonds is 6. The minimum atomic E-state index is -0.989. The van der Waals surface area contributed by atoms with Gasteiger partial charge in [0, 0.05) is 37.0 Å². The molecule has 1 aromatic carbocycles. The van der Waals surface area contributed by atoms with E-state index in [1.165, 1.54) is 0 Å². The Morgan fingerprint density at radius 3 is 2.77 bits per heavy atom. The van der Waals surface area contributed by atoms with Crippen LogP contribution in [-0.4, -0.2) is 95.1 Å². The number of methoxy groups -OCH3 is 1. The second kappa shape index (κ2) is 10.0. The van der Waals surface area contributed by atoms with Crippen molar-refractivity contribution in [1.82, 2.24) is 24.6 Å². The molecule has 3 atom stereocenters. The first-order chi connectivity index (χ1) is 17.0. The number of piperidine rings is 1. The van der Waals surface area contributed by atoms with E-state index in [0.29, 0.717) is 38.5 Å². The third-order valence-electron chi connectivity index (χ3n) is 7.14. The molecule has 0 saturated carbocycles. The van der Waals surface area contributed by atoms with Crippen LogP contribution in [0.4, 0.5) is 10.2 Å². The summed E-state index contributed by atoms with van der Waals surface area (Å²) in [4.78, 5) is 13.3. The van der Waals surface area contributed by atoms with Crippen LogP contribution < -0.4 is 9.64 Å². The highest BCUT2D eigenvalue weighted by Crippen LogP contribution is 2.35. The Hall–Kier alpha value is -2.82. The largest absolute Gasteiger partial charge is 0.467 e. The molecule has 2 saturated heterocycles. The van der Waals surface area contributed by atoms with Crippen molar-refractivity contribution in [2.24, 2.45) is 0 Å². The fourth-order valence-electron chi connectivity index (χ4n) is 5.26. The average molecular weight is 485 g/mol. The predicted molar refractivity (Wildman–Crippen MR) is 131 cm³/mol. The zero-order valence-electron chi connectivity index (χ0n) is 20.5. The molecule has 1 unspecified atom stereocenters. The van der Waals surface area contributed by atoms with E-state index in [0.717, 1.165) is 40.9 Å². The maximum absolute atomic E-state index is 15.2. The number of aliphatic hydroxyl groups is 1. The van der Waals surface area contributed by atoms with Crippen LogP contribution in [0.3, 0.4) is 0 Å². The lowest BCUT2D eigenvalue weighted by Gasteiger charge is -2.35. The highest BCUT2D eigenvalue weighted by atomic mass is 19.1. The van der Waals surface area contributed by atoms with Gasteiger partial charge in [0.15, 0.2) is 5.82 Å². The van der Waals surface area contributed by atoms with E-state index in [1.807, 2.05) is 24.1 Å². The third-order valence-corrected chi connectivity index (χ3v) is 7.14. The summed E-state index contributed by atoms with van der Waals surface area (Å²) >= 11 is 0. The van der Waals surface area contributed by atoms with Gasteiger partial charge in [-0.25, -0.2) is 9.07 Å². The van der Waals surface area contributed by atoms with Gasteiger partial charge in [0.25, 0.3) is 0 Å². The molecule has 188 valence electrons. The van der Waals surface area contributed by atoms with E-state index in [4.69, 9.17) is 9.47 Å². The number of benzene rings is 1. The molecular weight excluding hydrogens is 451 g/mol. The van der Waals surface area contributed by atoms with E-state index in [9.17, 15) is 5.11 Å². The van der Waals surface area contributed by atoms with Crippen molar-refractivity contribution in [3.63, 3.8) is 0 Å². The number of aryl methyl sites for hydroxylation is 1. The van der Waals surface area contributed by atoms with E-state index in [-0.39, 0.29) is 24.6 Å². The van der Waals surface area contributed by atoms with Crippen LogP contribution in [-0.2, 0) is 4.74 Å². The van der Waals surface area contributed by atoms with Crippen molar-refractivity contribution in [1.29, 1.82) is 0 Å². The summed E-state index contributed by atoms with van der Waals surface area (Å²) in [6, 6.07) is 6.50. The van der Waals surface area contributed by atoms with Gasteiger partial charge in [-0.05, 0) is 50.1 Å². The molecule has 1 N–H and O–H groups in total. The summed E-state index contributed by atoms with van der Waals surface area (Å²) in [5.41, 5.74) is 2.93. The first kappa shape index (κ1) is 23.9. The number of morpholine rings is 1. The number of likely N-dealkylation sites (tertiary alicyclic amines) is 1. The Balaban J connectivity index is 1.53. The van der Waals surface area contributed by atoms with Crippen LogP contribution in [0, 0.1) is 6.92 Å². The molecule has 0 aliphatic carbocycles. The van der Waals surface area contributed by atoms with E-state index in [2.05, 4.69) is 39.0 Å². The zero-order chi connectivity index (χ0) is 24.5. The standard InChI is InChI=1S/C25H33FN6O3/c1-16-10-18-13-27-32(22(18)11-20(16)19-4-5-30(6-8-33)14-21(19)26)24-12-23(28-25(29-24)34-3)31-7-9-35-15-17(31)2/h10-13,17,19,21,33H,4-9,14-15H2,1-3H3/t17-,19?,21+/m0/s1. The number of hydrogen-bond donors (Lipinski definition) is 1. The van der Waals surface area contributed by atoms with Gasteiger partial charge < -0.3 is 19.5 Å². The van der Waals surface area contributed by atoms with Crippen molar-refractivity contribution in [3.8, 4) is 11.8 Å². The molecule has 2 aliphatic heterocycles. The van der Waals surface area contributed by atoms with E-state index >= 15 is 4.39 Å². The molecular formula is C25H33FN6O3. The van der Waals surface area contributed by atoms with Gasteiger partial charge in [0.1, 0.15) is 12.0 Å². The molecule has 2 aromatic heterocycles. The number of aromatic nitrogens is 4. The SMILES string of the molecule is COc1nc(N2CCOC[C@@H]2C)cc(-n2ncc3cc(C)c(C4CCN(CCO)C[C@H]4F)cc32)n1. The highest BCUT2D eigenvalue weighted by molar-refractivity contribution is 5.82. The molecule has 3 aromatic rings. The molecule has 2 aliphatic rings. The molecule has 4 heterocycles. The first-order valence-electron chi connectivity index (χ1n) is 12.2. The number of fused-ring (bicyclic) bond motifs is 1. The van der Waals surface area contributed by atoms with Gasteiger partial charge in [-0.2, -0.15) is 15.1 Å². The Morgan fingerprint density at radius 1 is 1.20 bits per heavy atom. The Morgan fingerprint density at radius 2 is 2.03 bits per heavy atom. The maximum atomic E-state index is 15.2. The Kier molecular flexibility index (Phi) is 6.86. The Bertz CT molecular complexity index is 1190. The number of anilines is 1. The first-order valence-corrected chi connectivity index (χ1v) is 12.2. The summed E-state index contributed by atoms with van der Waals surface area (Å²) in [5.74, 6) is 1.17. The summed E-state index contributed by atoms with van der Waals surface area (Å²) < 4.78 is 28.0. The lowest BCUT2D eigenvalue weighted by molar-refractivity contribution is 0.0984. The van der Waals surface area contributed by atoms with Crippen LogP contribution in [0.1, 0.15) is 30.4 Å². The fraction of sp³-hybridized carbons (Fsp3) is 0.560. The number of nitrogens with zero attached hydrogens (tertiary/aromatic N) is 6. The van der Waals surface area contributed by atoms with Gasteiger partial charge in [-0.15, -0.1) is 0 Å². The molecule has 2 fully saturated rings. The normalized spacial score (nSPS) is 23.7. The number of aliphatic hydroxyl groups excluding tert-OH is 1. The second-order valence-corrected chi connectivity index (χ2v) is 9.45. The highest BCUT2D eigenvalue weighted by Gasteiger charge is 2.31. The van der Waals surface area contributed by atoms with Gasteiger partial charge >= 0.3 is 6.01 Å². The smallest absolute Gasteiger partial charge is 0.320 e. The summed E-state index contributed by atoms with van der Waals surface area (Å²) in [6.45, 7) is 7.81. The average Bonchev–Trinajstić information content (AvgIpc) is 3.26. The number of β-amino-alcohol motifs (C(OH)–C–C–N with tert-alkyl or cyclic N) is 1. The lowest BCUT2D eigenvalue weighted by Crippen LogP contribution is -2.44. The summed E-state index contributed by atoms with van der Waals surface area (Å²) in [5, 5.41) is 14.8. The monoisotopic (exact) mass is 484 g/mol. The van der Waals surface area contributed by atoms with E-state index < -0.39 is 6.17 Å². The summed E-state index contributed by atoms with van der Waals surface area (Å²) in [6.07, 6.45) is 1.53. The van der Waals surface area contributed by atoms with Crippen molar-refractivity contribution in [2.75, 3.05) is 58.0 Å². The molecule has 35 heavy (non-hydrogen) atoms. The van der Waals surface area contributed by atoms with Crippen molar-refractivity contribution in [2.45, 2.75) is 38.4 Å². The maximum Gasteiger partial charge on any atom is 0.320 e. The number of ether oxygens (including phenoxy) is 2. The molecule has 0 radical (unpaired) electrons. The second-order valence-electron chi connectivity index (χ2n) is 9.45. The Labute approximate surface area is 204 Å². The van der Waals surface area contributed by atoms with Gasteiger partial charge in [-0.3, -0.25) is 4.90 Å². The summed E-state index contributed by atoms with van der Waals surface area (Å²) in [7, 11) is 1.55. The van der Waals surface area contributed by atoms with Crippen LogP contribution in [0.5, 0.6) is 6.01 Å². The molecule has 5 rings (SSSR count). The van der Waals surface area contributed by atoms with Crippen molar-refractivity contribution >= 4 is 16.7 Å². The molecule has 0 spiro atoms. The number of alkyl halides is 1. The topological polar surface area (TPSA) is 88.8 Å². The zero-order valence-corrected chi connectivity index (χ0v) is 20.5. The van der Waals surface area contributed by atoms with Crippen LogP contribution in [0.15, 0.2) is 24.4 Å². The number of halogens is 1. The molecule has 10 heteroatoms. The molecule has 0 amide bonds. The van der Waals surface area contributed by atoms with Gasteiger partial charge in [-0.1, -0.05) is 0 Å². The molecule has 9 nitrogen and oxygen atoms in total. The quantitative estimate of drug-likeness (QED) is 0.571. The van der Waals surface area contributed by atoms with Crippen molar-refractivity contribution in [3.05, 3.63) is 35.5 Å². The van der Waals surface area contributed by atoms with Crippen LogP contribution in [0.2, 0.25) is 0 Å². The minimum Gasteiger partial charge on any atom is -0.467 e.